The first-order valence-corrected chi connectivity index (χ1v) is 8.12. The van der Waals surface area contributed by atoms with Gasteiger partial charge in [0.15, 0.2) is 0 Å². The summed E-state index contributed by atoms with van der Waals surface area (Å²) >= 11 is 0. The molecule has 128 valence electrons. The zero-order chi connectivity index (χ0) is 16.6. The van der Waals surface area contributed by atoms with Gasteiger partial charge in [-0.1, -0.05) is 44.2 Å². The minimum atomic E-state index is -10.7. The molecule has 0 saturated carbocycles. The molecule has 1 aliphatic rings. The molecule has 1 aromatic rings. The summed E-state index contributed by atoms with van der Waals surface area (Å²) in [5.41, 5.74) is 1.41. The van der Waals surface area contributed by atoms with Crippen molar-refractivity contribution in [1.82, 2.24) is 0 Å². The van der Waals surface area contributed by atoms with Gasteiger partial charge in [-0.3, -0.25) is 6.08 Å². The molecule has 8 heteroatoms. The fourth-order valence-corrected chi connectivity index (χ4v) is 1.18. The van der Waals surface area contributed by atoms with Gasteiger partial charge in [0.2, 0.25) is 0 Å². The number of allylic oxidation sites excluding steroid dienone is 4. The van der Waals surface area contributed by atoms with Gasteiger partial charge in [0.25, 0.3) is 0 Å². The van der Waals surface area contributed by atoms with Crippen LogP contribution in [0.25, 0.3) is 0 Å². The molecule has 0 spiro atoms. The Bertz CT molecular complexity index is 455. The molecule has 0 atom stereocenters. The molecule has 1 aromatic carbocycles. The summed E-state index contributed by atoms with van der Waals surface area (Å²) in [4.78, 5) is 0. The Kier molecular flexibility index (Phi) is 8.74. The van der Waals surface area contributed by atoms with E-state index in [4.69, 9.17) is 0 Å². The summed E-state index contributed by atoms with van der Waals surface area (Å²) in [6, 6.07) is 10.5. The average Bonchev–Trinajstić information content (AvgIpc) is 2.84. The zero-order valence-electron chi connectivity index (χ0n) is 12.0. The van der Waals surface area contributed by atoms with Crippen LogP contribution in [-0.2, 0) is 17.1 Å². The Balaban J connectivity index is 0. The van der Waals surface area contributed by atoms with Crippen LogP contribution in [0, 0.1) is 6.08 Å². The summed E-state index contributed by atoms with van der Waals surface area (Å²) in [7, 11) is -10.7. The monoisotopic (exact) mass is 386 g/mol. The van der Waals surface area contributed by atoms with E-state index in [-0.39, 0.29) is 17.1 Å². The molecule has 0 saturated heterocycles. The Hall–Kier alpha value is -0.771. The van der Waals surface area contributed by atoms with Gasteiger partial charge < -0.3 is 0 Å². The van der Waals surface area contributed by atoms with Crippen molar-refractivity contribution in [2.45, 2.75) is 26.2 Å². The Labute approximate surface area is 137 Å². The number of hydrogen-bond acceptors (Lipinski definition) is 0. The Morgan fingerprint density at radius 3 is 1.59 bits per heavy atom. The van der Waals surface area contributed by atoms with E-state index in [0.29, 0.717) is 5.92 Å². The van der Waals surface area contributed by atoms with Gasteiger partial charge in [0.05, 0.1) is 0 Å². The van der Waals surface area contributed by atoms with Gasteiger partial charge in [-0.05, 0) is 11.5 Å². The number of hydrogen-bond donors (Lipinski definition) is 0. The van der Waals surface area contributed by atoms with Crippen molar-refractivity contribution < 1.29 is 42.3 Å². The van der Waals surface area contributed by atoms with Crippen LogP contribution in [0.5, 0.6) is 0 Å². The summed E-state index contributed by atoms with van der Waals surface area (Å²) < 4.78 is 59.2. The van der Waals surface area contributed by atoms with Crippen molar-refractivity contribution in [2.24, 2.45) is 0 Å². The minimum Gasteiger partial charge on any atom is -0.256 e. The van der Waals surface area contributed by atoms with Gasteiger partial charge in [0, 0.05) is 0 Å². The van der Waals surface area contributed by atoms with Crippen LogP contribution in [0.1, 0.15) is 31.7 Å². The largest absolute Gasteiger partial charge is 2.00 e. The van der Waals surface area contributed by atoms with Crippen molar-refractivity contribution in [1.29, 1.82) is 0 Å². The van der Waals surface area contributed by atoms with E-state index in [1.807, 2.05) is 18.2 Å². The minimum absolute atomic E-state index is 0. The summed E-state index contributed by atoms with van der Waals surface area (Å²) in [5.74, 6) is 0.659. The van der Waals surface area contributed by atoms with Crippen molar-refractivity contribution in [2.75, 3.05) is 0 Å². The molecule has 0 N–H and O–H groups in total. The maximum Gasteiger partial charge on any atom is 2.00 e. The normalized spacial score (nSPS) is 15.5. The quantitative estimate of drug-likeness (QED) is 0.203. The molecule has 0 unspecified atom stereocenters. The third-order valence-electron chi connectivity index (χ3n) is 2.05. The van der Waals surface area contributed by atoms with E-state index in [1.54, 1.807) is 0 Å². The Morgan fingerprint density at radius 2 is 1.41 bits per heavy atom. The summed E-state index contributed by atoms with van der Waals surface area (Å²) in [6.07, 6.45) is 10.0. The van der Waals surface area contributed by atoms with Crippen LogP contribution in [0.3, 0.4) is 0 Å². The second kappa shape index (κ2) is 8.19. The van der Waals surface area contributed by atoms with Crippen LogP contribution < -0.4 is 0 Å². The van der Waals surface area contributed by atoms with Gasteiger partial charge in [0.1, 0.15) is 0 Å². The summed E-state index contributed by atoms with van der Waals surface area (Å²) in [5, 5.41) is 0. The molecule has 0 fully saturated rings. The fourth-order valence-electron chi connectivity index (χ4n) is 1.18. The number of benzene rings is 1. The molecule has 2 rings (SSSR count). The van der Waals surface area contributed by atoms with Crippen LogP contribution in [-0.4, -0.2) is 0 Å². The molecule has 0 heterocycles. The maximum atomic E-state index is 9.87. The van der Waals surface area contributed by atoms with Gasteiger partial charge >= 0.3 is 50.1 Å². The third kappa shape index (κ3) is 24.3. The average molecular weight is 386 g/mol. The number of rotatable bonds is 1. The second-order valence-electron chi connectivity index (χ2n) is 4.53. The van der Waals surface area contributed by atoms with Gasteiger partial charge in [-0.2, -0.15) is 6.08 Å². The molecule has 0 nitrogen and oxygen atoms in total. The Morgan fingerprint density at radius 1 is 0.955 bits per heavy atom. The first-order valence-electron chi connectivity index (χ1n) is 6.10. The predicted octanol–water partition coefficient (Wildman–Crippen LogP) is 7.50. The van der Waals surface area contributed by atoms with Crippen molar-refractivity contribution in [3.8, 4) is 0 Å². The molecule has 0 radical (unpaired) electrons. The van der Waals surface area contributed by atoms with Gasteiger partial charge in [-0.25, -0.2) is 12.2 Å². The molecular formula is C14H17F6FeP. The maximum absolute atomic E-state index is 10.7. The van der Waals surface area contributed by atoms with Crippen LogP contribution in [0.4, 0.5) is 25.2 Å². The van der Waals surface area contributed by atoms with E-state index >= 15 is 0 Å². The molecule has 0 aliphatic heterocycles. The molecule has 1 aliphatic carbocycles. The topological polar surface area (TPSA) is 0 Å². The smallest absolute Gasteiger partial charge is 0.256 e. The van der Waals surface area contributed by atoms with E-state index in [1.165, 1.54) is 5.56 Å². The zero-order valence-corrected chi connectivity index (χ0v) is 14.0. The molecular weight excluding hydrogens is 369 g/mol. The van der Waals surface area contributed by atoms with Crippen LogP contribution in [0.15, 0.2) is 48.6 Å². The fraction of sp³-hybridized carbons (Fsp3) is 0.286. The van der Waals surface area contributed by atoms with E-state index in [9.17, 15) is 25.2 Å². The molecule has 0 amide bonds. The van der Waals surface area contributed by atoms with E-state index < -0.39 is 7.81 Å². The molecule has 0 bridgehead atoms. The predicted molar refractivity (Wildman–Crippen MR) is 75.7 cm³/mol. The van der Waals surface area contributed by atoms with E-state index in [0.717, 1.165) is 6.42 Å². The standard InChI is InChI=1S/C9H12.C5H5.F6P.Fe/c1-8(2)9-6-4-3-5-7-9;1-2-4-5-3-1;1-7(2,3,4,5)6;/h3-8H,1-2H3;1-2,5H,3H2;;/q;2*-1;+2. The van der Waals surface area contributed by atoms with Crippen LogP contribution >= 0.6 is 7.81 Å². The second-order valence-corrected chi connectivity index (χ2v) is 6.45. The van der Waals surface area contributed by atoms with Crippen molar-refractivity contribution in [3.63, 3.8) is 0 Å². The molecule has 0 aromatic heterocycles. The van der Waals surface area contributed by atoms with Crippen LogP contribution in [0.2, 0.25) is 0 Å². The number of halogens is 6. The third-order valence-corrected chi connectivity index (χ3v) is 2.05. The molecule has 22 heavy (non-hydrogen) atoms. The van der Waals surface area contributed by atoms with Crippen molar-refractivity contribution in [3.05, 3.63) is 60.2 Å². The van der Waals surface area contributed by atoms with E-state index in [2.05, 4.69) is 50.3 Å². The SMILES string of the molecule is CC(C)c1ccccc1.F[P-](F)(F)(F)(F)F.[C-]1=CCC=C1.[Fe+2]. The summed E-state index contributed by atoms with van der Waals surface area (Å²) in [6.45, 7) is 4.41. The first kappa shape index (κ1) is 23.5. The van der Waals surface area contributed by atoms with Gasteiger partial charge in [-0.15, -0.1) is 6.42 Å². The first-order chi connectivity index (χ1) is 9.25. The van der Waals surface area contributed by atoms with Crippen molar-refractivity contribution >= 4 is 7.81 Å².